The second-order valence-corrected chi connectivity index (χ2v) is 8.96. The van der Waals surface area contributed by atoms with Crippen molar-refractivity contribution in [2.75, 3.05) is 80.2 Å². The molecule has 1 N–H and O–H groups in total. The van der Waals surface area contributed by atoms with E-state index >= 15 is 0 Å². The Hall–Kier alpha value is -1.67. The van der Waals surface area contributed by atoms with Crippen molar-refractivity contribution < 1.29 is 9.47 Å². The predicted molar refractivity (Wildman–Crippen MR) is 131 cm³/mol. The molecule has 0 saturated carbocycles. The summed E-state index contributed by atoms with van der Waals surface area (Å²) in [6, 6.07) is 11.4. The van der Waals surface area contributed by atoms with Crippen molar-refractivity contribution in [1.82, 2.24) is 20.0 Å². The number of nitrogens with zero attached hydrogens (tertiary/aromatic N) is 4. The largest absolute Gasteiger partial charge is 0.385 e. The minimum Gasteiger partial charge on any atom is -0.385 e. The topological polar surface area (TPSA) is 52.6 Å². The van der Waals surface area contributed by atoms with Crippen LogP contribution in [0.15, 0.2) is 35.3 Å². The average Bonchev–Trinajstić information content (AvgIpc) is 2.84. The van der Waals surface area contributed by atoms with Crippen LogP contribution in [0.5, 0.6) is 0 Å². The zero-order chi connectivity index (χ0) is 22.6. The highest BCUT2D eigenvalue weighted by Crippen LogP contribution is 2.24. The first kappa shape index (κ1) is 25.0. The van der Waals surface area contributed by atoms with Crippen LogP contribution in [-0.2, 0) is 9.47 Å². The van der Waals surface area contributed by atoms with Crippen LogP contribution in [-0.4, -0.2) is 107 Å². The Morgan fingerprint density at radius 1 is 1.06 bits per heavy atom. The molecule has 0 aliphatic carbocycles. The molecule has 0 radical (unpaired) electrons. The molecule has 2 aliphatic rings. The number of rotatable bonds is 10. The lowest BCUT2D eigenvalue weighted by Gasteiger charge is -2.40. The Morgan fingerprint density at radius 3 is 2.56 bits per heavy atom. The highest BCUT2D eigenvalue weighted by molar-refractivity contribution is 5.79. The maximum atomic E-state index is 5.99. The van der Waals surface area contributed by atoms with Crippen LogP contribution >= 0.6 is 0 Å². The van der Waals surface area contributed by atoms with Gasteiger partial charge >= 0.3 is 0 Å². The summed E-state index contributed by atoms with van der Waals surface area (Å²) in [6.07, 6.45) is 4.58. The molecule has 32 heavy (non-hydrogen) atoms. The van der Waals surface area contributed by atoms with Crippen molar-refractivity contribution in [1.29, 1.82) is 0 Å². The highest BCUT2D eigenvalue weighted by atomic mass is 16.5. The molecule has 2 fully saturated rings. The van der Waals surface area contributed by atoms with Crippen molar-refractivity contribution in [2.45, 2.75) is 37.8 Å². The Labute approximate surface area is 194 Å². The molecule has 2 saturated heterocycles. The first-order chi connectivity index (χ1) is 15.7. The van der Waals surface area contributed by atoms with Gasteiger partial charge in [0.05, 0.1) is 6.10 Å². The fraction of sp³-hybridized carbons (Fsp3) is 0.720. The summed E-state index contributed by atoms with van der Waals surface area (Å²) in [7, 11) is 5.86. The number of likely N-dealkylation sites (tertiary alicyclic amines) is 1. The van der Waals surface area contributed by atoms with E-state index in [1.807, 2.05) is 7.05 Å². The van der Waals surface area contributed by atoms with E-state index in [1.54, 1.807) is 7.11 Å². The van der Waals surface area contributed by atoms with Crippen LogP contribution in [0, 0.1) is 0 Å². The number of nitrogens with one attached hydrogen (secondary N) is 1. The van der Waals surface area contributed by atoms with Gasteiger partial charge in [0.15, 0.2) is 5.96 Å². The van der Waals surface area contributed by atoms with Gasteiger partial charge in [-0.1, -0.05) is 30.3 Å². The zero-order valence-electron chi connectivity index (χ0n) is 20.3. The smallest absolute Gasteiger partial charge is 0.193 e. The number of piperazine rings is 1. The lowest BCUT2D eigenvalue weighted by molar-refractivity contribution is 0.00990. The van der Waals surface area contributed by atoms with E-state index in [9.17, 15) is 0 Å². The van der Waals surface area contributed by atoms with Gasteiger partial charge < -0.3 is 24.6 Å². The van der Waals surface area contributed by atoms with Gasteiger partial charge in [-0.25, -0.2) is 0 Å². The third-order valence-electron chi connectivity index (χ3n) is 6.58. The molecule has 7 nitrogen and oxygen atoms in total. The van der Waals surface area contributed by atoms with Crippen LogP contribution in [0.4, 0.5) is 0 Å². The van der Waals surface area contributed by atoms with E-state index in [4.69, 9.17) is 9.47 Å². The van der Waals surface area contributed by atoms with Crippen molar-refractivity contribution in [3.63, 3.8) is 0 Å². The number of hydrogen-bond acceptors (Lipinski definition) is 5. The van der Waals surface area contributed by atoms with Gasteiger partial charge in [-0.15, -0.1) is 0 Å². The van der Waals surface area contributed by atoms with Crippen LogP contribution in [0.25, 0.3) is 0 Å². The van der Waals surface area contributed by atoms with Crippen LogP contribution < -0.4 is 5.32 Å². The summed E-state index contributed by atoms with van der Waals surface area (Å²) in [6.45, 7) is 9.00. The molecule has 180 valence electrons. The Kier molecular flexibility index (Phi) is 10.8. The molecule has 1 aromatic rings. The summed E-state index contributed by atoms with van der Waals surface area (Å²) in [5.41, 5.74) is 1.43. The van der Waals surface area contributed by atoms with Crippen molar-refractivity contribution in [2.24, 2.45) is 4.99 Å². The van der Waals surface area contributed by atoms with E-state index in [1.165, 1.54) is 5.56 Å². The van der Waals surface area contributed by atoms with Crippen molar-refractivity contribution in [3.05, 3.63) is 35.9 Å². The minimum atomic E-state index is 0.369. The molecule has 3 rings (SSSR count). The lowest BCUT2D eigenvalue weighted by Crippen LogP contribution is -2.49. The quantitative estimate of drug-likeness (QED) is 0.339. The summed E-state index contributed by atoms with van der Waals surface area (Å²) in [4.78, 5) is 12.0. The molecule has 0 spiro atoms. The molecule has 0 bridgehead atoms. The number of piperidine rings is 1. The van der Waals surface area contributed by atoms with Crippen LogP contribution in [0.3, 0.4) is 0 Å². The molecule has 1 aromatic carbocycles. The van der Waals surface area contributed by atoms with Crippen molar-refractivity contribution >= 4 is 5.96 Å². The Balaban J connectivity index is 1.38. The highest BCUT2D eigenvalue weighted by Gasteiger charge is 2.26. The number of methoxy groups -OCH3 is 1. The molecule has 0 aromatic heterocycles. The number of guanidine groups is 1. The van der Waals surface area contributed by atoms with Gasteiger partial charge in [0.25, 0.3) is 0 Å². The summed E-state index contributed by atoms with van der Waals surface area (Å²) in [5.74, 6) is 1.03. The molecule has 2 aliphatic heterocycles. The number of likely N-dealkylation sites (N-methyl/N-ethyl adjacent to an activating group) is 1. The van der Waals surface area contributed by atoms with Crippen LogP contribution in [0.2, 0.25) is 0 Å². The Bertz CT molecular complexity index is 664. The van der Waals surface area contributed by atoms with Gasteiger partial charge in [-0.2, -0.15) is 0 Å². The van der Waals surface area contributed by atoms with Gasteiger partial charge in [0.2, 0.25) is 0 Å². The van der Waals surface area contributed by atoms with E-state index < -0.39 is 0 Å². The summed E-state index contributed by atoms with van der Waals surface area (Å²) in [5, 5.41) is 3.60. The number of hydrogen-bond donors (Lipinski definition) is 1. The number of aliphatic imine (C=N–C) groups is 1. The fourth-order valence-corrected chi connectivity index (χ4v) is 4.72. The normalized spacial score (nSPS) is 21.8. The van der Waals surface area contributed by atoms with Crippen LogP contribution in [0.1, 0.15) is 37.3 Å². The van der Waals surface area contributed by atoms with E-state index in [0.29, 0.717) is 12.1 Å². The lowest BCUT2D eigenvalue weighted by atomic mass is 10.0. The first-order valence-electron chi connectivity index (χ1n) is 12.2. The molecule has 0 amide bonds. The second-order valence-electron chi connectivity index (χ2n) is 8.96. The molecular weight excluding hydrogens is 402 g/mol. The third kappa shape index (κ3) is 7.73. The monoisotopic (exact) mass is 445 g/mol. The standard InChI is InChI=1S/C25H43N5O2/c1-26-25(30-15-11-23(12-16-30)32-20-8-19-31-3)27-13-7-14-29-18-17-28(2)21-24(29)22-9-5-4-6-10-22/h4-6,9-10,23-24H,7-8,11-21H2,1-3H3,(H,26,27). The maximum absolute atomic E-state index is 5.99. The summed E-state index contributed by atoms with van der Waals surface area (Å²) < 4.78 is 11.1. The SMILES string of the molecule is CN=C(NCCCN1CCN(C)CC1c1ccccc1)N1CCC(OCCCOC)CC1. The van der Waals surface area contributed by atoms with E-state index in [2.05, 4.69) is 62.4 Å². The number of ether oxygens (including phenoxy) is 2. The van der Waals surface area contributed by atoms with E-state index in [-0.39, 0.29) is 0 Å². The Morgan fingerprint density at radius 2 is 1.84 bits per heavy atom. The van der Waals surface area contributed by atoms with Crippen molar-refractivity contribution in [3.8, 4) is 0 Å². The second kappa shape index (κ2) is 13.8. The third-order valence-corrected chi connectivity index (χ3v) is 6.58. The van der Waals surface area contributed by atoms with Gasteiger partial charge in [-0.05, 0) is 38.3 Å². The average molecular weight is 446 g/mol. The molecule has 2 heterocycles. The molecular formula is C25H43N5O2. The fourth-order valence-electron chi connectivity index (χ4n) is 4.72. The molecule has 1 unspecified atom stereocenters. The summed E-state index contributed by atoms with van der Waals surface area (Å²) >= 11 is 0. The molecule has 1 atom stereocenters. The van der Waals surface area contributed by atoms with E-state index in [0.717, 1.165) is 90.7 Å². The zero-order valence-corrected chi connectivity index (χ0v) is 20.3. The first-order valence-corrected chi connectivity index (χ1v) is 12.2. The van der Waals surface area contributed by atoms with Gasteiger partial charge in [0.1, 0.15) is 0 Å². The number of benzene rings is 1. The minimum absolute atomic E-state index is 0.369. The predicted octanol–water partition coefficient (Wildman–Crippen LogP) is 2.46. The van der Waals surface area contributed by atoms with Gasteiger partial charge in [0, 0.05) is 79.2 Å². The maximum Gasteiger partial charge on any atom is 0.193 e. The molecule has 7 heteroatoms. The van der Waals surface area contributed by atoms with Gasteiger partial charge in [-0.3, -0.25) is 9.89 Å².